The van der Waals surface area contributed by atoms with Gasteiger partial charge in [0.05, 0.1) is 11.5 Å². The van der Waals surface area contributed by atoms with E-state index in [0.717, 1.165) is 11.5 Å². The quantitative estimate of drug-likeness (QED) is 0.306. The first-order chi connectivity index (χ1) is 14.0. The fourth-order valence-corrected chi connectivity index (χ4v) is 3.62. The summed E-state index contributed by atoms with van der Waals surface area (Å²) in [5.74, 6) is 1.94. The Morgan fingerprint density at radius 2 is 2.10 bits per heavy atom. The molecule has 8 heteroatoms. The molecular weight excluding hydrogens is 392 g/mol. The Bertz CT molecular complexity index is 912. The number of hydrogen-bond acceptors (Lipinski definition) is 6. The monoisotopic (exact) mass is 414 g/mol. The van der Waals surface area contributed by atoms with Crippen LogP contribution < -0.4 is 10.1 Å². The summed E-state index contributed by atoms with van der Waals surface area (Å²) < 4.78 is 10.6. The van der Waals surface area contributed by atoms with Crippen molar-refractivity contribution >= 4 is 29.4 Å². The van der Waals surface area contributed by atoms with Gasteiger partial charge in [-0.1, -0.05) is 29.8 Å². The number of nitro benzene ring substituents is 1. The van der Waals surface area contributed by atoms with Crippen LogP contribution in [-0.2, 0) is 21.9 Å². The molecule has 0 aromatic heterocycles. The number of non-ortho nitro benzene ring substituents is 1. The molecule has 7 nitrogen and oxygen atoms in total. The van der Waals surface area contributed by atoms with Crippen LogP contribution in [0.3, 0.4) is 0 Å². The Kier molecular flexibility index (Phi) is 7.26. The van der Waals surface area contributed by atoms with Gasteiger partial charge < -0.3 is 14.8 Å². The molecule has 0 spiro atoms. The summed E-state index contributed by atoms with van der Waals surface area (Å²) in [6.07, 6.45) is 2.90. The molecule has 1 aliphatic heterocycles. The van der Waals surface area contributed by atoms with E-state index >= 15 is 0 Å². The zero-order chi connectivity index (χ0) is 20.6. The number of nitro groups is 1. The maximum Gasteiger partial charge on any atom is 0.270 e. The minimum absolute atomic E-state index is 0.0644. The lowest BCUT2D eigenvalue weighted by Gasteiger charge is -2.19. The predicted octanol–water partition coefficient (Wildman–Crippen LogP) is 3.83. The van der Waals surface area contributed by atoms with E-state index in [0.29, 0.717) is 23.4 Å². The number of amides is 1. The van der Waals surface area contributed by atoms with E-state index in [-0.39, 0.29) is 25.0 Å². The van der Waals surface area contributed by atoms with Gasteiger partial charge >= 0.3 is 0 Å². The molecule has 1 aliphatic rings. The first-order valence-electron chi connectivity index (χ1n) is 9.14. The second kappa shape index (κ2) is 10.1. The molecule has 152 valence electrons. The number of carbonyl (C=O) groups is 1. The maximum absolute atomic E-state index is 12.1. The average Bonchev–Trinajstić information content (AvgIpc) is 2.72. The molecule has 3 rings (SSSR count). The first-order valence-corrected chi connectivity index (χ1v) is 10.3. The highest BCUT2D eigenvalue weighted by atomic mass is 32.2. The Labute approximate surface area is 173 Å². The number of nitrogens with zero attached hydrogens (tertiary/aromatic N) is 1. The third-order valence-electron chi connectivity index (χ3n) is 4.28. The summed E-state index contributed by atoms with van der Waals surface area (Å²) >= 11 is 1.74. The van der Waals surface area contributed by atoms with E-state index in [2.05, 4.69) is 36.5 Å². The summed E-state index contributed by atoms with van der Waals surface area (Å²) in [4.78, 5) is 22.7. The zero-order valence-corrected chi connectivity index (χ0v) is 16.9. The number of nitrogens with one attached hydrogen (secondary N) is 1. The smallest absolute Gasteiger partial charge is 0.270 e. The molecule has 1 amide bonds. The van der Waals surface area contributed by atoms with Crippen molar-refractivity contribution in [3.63, 3.8) is 0 Å². The van der Waals surface area contributed by atoms with Gasteiger partial charge in [-0.05, 0) is 18.6 Å². The van der Waals surface area contributed by atoms with Crippen LogP contribution in [0.5, 0.6) is 5.75 Å². The van der Waals surface area contributed by atoms with Gasteiger partial charge in [-0.3, -0.25) is 14.9 Å². The van der Waals surface area contributed by atoms with Crippen LogP contribution in [0, 0.1) is 17.0 Å². The van der Waals surface area contributed by atoms with Gasteiger partial charge in [0.2, 0.25) is 5.91 Å². The number of hydrogen-bond donors (Lipinski definition) is 1. The standard InChI is InChI=1S/C21H22N2O5S/c1-15-2-4-16(5-3-15)13-29-9-8-22-20(24)7-6-17-10-19(23(25)26)11-18-12-27-14-28-21(17)18/h2-7,10-11H,8-9,12-14H2,1H3,(H,22,24)/b7-6+. The van der Waals surface area contributed by atoms with E-state index in [1.807, 2.05) is 0 Å². The van der Waals surface area contributed by atoms with Gasteiger partial charge in [0, 0.05) is 47.4 Å². The molecule has 1 N–H and O–H groups in total. The molecule has 2 aromatic carbocycles. The topological polar surface area (TPSA) is 90.7 Å². The first kappa shape index (κ1) is 20.9. The lowest BCUT2D eigenvalue weighted by atomic mass is 10.1. The van der Waals surface area contributed by atoms with Crippen molar-refractivity contribution in [2.75, 3.05) is 19.1 Å². The Hall–Kier alpha value is -2.84. The third-order valence-corrected chi connectivity index (χ3v) is 5.31. The lowest BCUT2D eigenvalue weighted by molar-refractivity contribution is -0.385. The number of benzene rings is 2. The van der Waals surface area contributed by atoms with Crippen molar-refractivity contribution in [2.45, 2.75) is 19.3 Å². The van der Waals surface area contributed by atoms with E-state index in [9.17, 15) is 14.9 Å². The SMILES string of the molecule is Cc1ccc(CSCCNC(=O)/C=C/c2cc([N+](=O)[O-])cc3c2OCOC3)cc1. The van der Waals surface area contributed by atoms with Crippen LogP contribution in [0.15, 0.2) is 42.5 Å². The molecule has 1 heterocycles. The number of thioether (sulfide) groups is 1. The van der Waals surface area contributed by atoms with Gasteiger partial charge in [0.15, 0.2) is 6.79 Å². The van der Waals surface area contributed by atoms with Crippen molar-refractivity contribution in [3.05, 3.63) is 74.8 Å². The van der Waals surface area contributed by atoms with Crippen molar-refractivity contribution in [3.8, 4) is 5.75 Å². The normalized spacial score (nSPS) is 13.0. The number of rotatable bonds is 8. The van der Waals surface area contributed by atoms with Crippen LogP contribution in [0.4, 0.5) is 5.69 Å². The second-order valence-corrected chi connectivity index (χ2v) is 7.66. The fourth-order valence-electron chi connectivity index (χ4n) is 2.81. The molecule has 29 heavy (non-hydrogen) atoms. The van der Waals surface area contributed by atoms with Gasteiger partial charge in [-0.2, -0.15) is 11.8 Å². The summed E-state index contributed by atoms with van der Waals surface area (Å²) in [5, 5.41) is 13.9. The molecule has 2 aromatic rings. The summed E-state index contributed by atoms with van der Waals surface area (Å²) in [6.45, 7) is 2.92. The van der Waals surface area contributed by atoms with Gasteiger partial charge in [0.1, 0.15) is 5.75 Å². The van der Waals surface area contributed by atoms with Crippen LogP contribution in [0.2, 0.25) is 0 Å². The molecule has 0 unspecified atom stereocenters. The average molecular weight is 414 g/mol. The minimum Gasteiger partial charge on any atom is -0.467 e. The highest BCUT2D eigenvalue weighted by Crippen LogP contribution is 2.33. The van der Waals surface area contributed by atoms with E-state index in [1.165, 1.54) is 35.4 Å². The van der Waals surface area contributed by atoms with Crippen LogP contribution >= 0.6 is 11.8 Å². The Morgan fingerprint density at radius 1 is 1.31 bits per heavy atom. The van der Waals surface area contributed by atoms with Crippen molar-refractivity contribution in [2.24, 2.45) is 0 Å². The van der Waals surface area contributed by atoms with Gasteiger partial charge in [0.25, 0.3) is 5.69 Å². The molecular formula is C21H22N2O5S. The van der Waals surface area contributed by atoms with Crippen LogP contribution in [0.1, 0.15) is 22.3 Å². The van der Waals surface area contributed by atoms with E-state index in [1.54, 1.807) is 11.8 Å². The molecule has 0 radical (unpaired) electrons. The maximum atomic E-state index is 12.1. The molecule has 0 bridgehead atoms. The number of aryl methyl sites for hydroxylation is 1. The van der Waals surface area contributed by atoms with Crippen molar-refractivity contribution in [1.82, 2.24) is 5.32 Å². The molecule has 0 saturated heterocycles. The molecule has 0 atom stereocenters. The summed E-state index contributed by atoms with van der Waals surface area (Å²) in [7, 11) is 0. The number of fused-ring (bicyclic) bond motifs is 1. The minimum atomic E-state index is -0.475. The van der Waals surface area contributed by atoms with Crippen molar-refractivity contribution in [1.29, 1.82) is 0 Å². The highest BCUT2D eigenvalue weighted by molar-refractivity contribution is 7.98. The van der Waals surface area contributed by atoms with E-state index in [4.69, 9.17) is 9.47 Å². The zero-order valence-electron chi connectivity index (χ0n) is 16.1. The Morgan fingerprint density at radius 3 is 2.86 bits per heavy atom. The van der Waals surface area contributed by atoms with Gasteiger partial charge in [-0.25, -0.2) is 0 Å². The van der Waals surface area contributed by atoms with Crippen molar-refractivity contribution < 1.29 is 19.2 Å². The molecule has 0 aliphatic carbocycles. The van der Waals surface area contributed by atoms with Gasteiger partial charge in [-0.15, -0.1) is 0 Å². The lowest BCUT2D eigenvalue weighted by Crippen LogP contribution is -2.23. The second-order valence-electron chi connectivity index (χ2n) is 6.55. The largest absolute Gasteiger partial charge is 0.467 e. The molecule has 0 fully saturated rings. The summed E-state index contributed by atoms with van der Waals surface area (Å²) in [6, 6.07) is 11.2. The summed E-state index contributed by atoms with van der Waals surface area (Å²) in [5.41, 5.74) is 3.51. The van der Waals surface area contributed by atoms with E-state index < -0.39 is 4.92 Å². The molecule has 0 saturated carbocycles. The highest BCUT2D eigenvalue weighted by Gasteiger charge is 2.19. The van der Waals surface area contributed by atoms with Crippen LogP contribution in [-0.4, -0.2) is 29.9 Å². The van der Waals surface area contributed by atoms with Crippen LogP contribution in [0.25, 0.3) is 6.08 Å². The number of carbonyl (C=O) groups excluding carboxylic acids is 1. The fraction of sp³-hybridized carbons (Fsp3) is 0.286. The number of ether oxygens (including phenoxy) is 2. The Balaban J connectivity index is 1.50. The predicted molar refractivity (Wildman–Crippen MR) is 113 cm³/mol. The third kappa shape index (κ3) is 6.07.